The molecule has 11 heteroatoms. The molecule has 42 heavy (non-hydrogen) atoms. The monoisotopic (exact) mass is 620 g/mol. The van der Waals surface area contributed by atoms with Gasteiger partial charge in [0, 0.05) is 37.9 Å². The number of carboxylic acid groups (broad SMARTS) is 1. The molecule has 2 aromatic rings. The summed E-state index contributed by atoms with van der Waals surface area (Å²) in [6, 6.07) is 11.1. The van der Waals surface area contributed by atoms with Crippen LogP contribution < -0.4 is 5.32 Å². The Kier molecular flexibility index (Phi) is 11.3. The van der Waals surface area contributed by atoms with E-state index in [1.807, 2.05) is 26.0 Å². The van der Waals surface area contributed by atoms with Gasteiger partial charge in [-0.2, -0.15) is 0 Å². The molecule has 0 spiro atoms. The third kappa shape index (κ3) is 8.60. The first-order chi connectivity index (χ1) is 19.6. The molecule has 0 radical (unpaired) electrons. The van der Waals surface area contributed by atoms with Crippen molar-refractivity contribution in [2.75, 3.05) is 32.0 Å². The van der Waals surface area contributed by atoms with Crippen LogP contribution in [0.2, 0.25) is 10.0 Å². The highest BCUT2D eigenvalue weighted by Crippen LogP contribution is 2.29. The lowest BCUT2D eigenvalue weighted by molar-refractivity contribution is -0.131. The van der Waals surface area contributed by atoms with E-state index in [1.54, 1.807) is 63.1 Å². The maximum absolute atomic E-state index is 13.5. The van der Waals surface area contributed by atoms with Crippen molar-refractivity contribution in [3.8, 4) is 0 Å². The van der Waals surface area contributed by atoms with Gasteiger partial charge < -0.3 is 20.4 Å². The maximum atomic E-state index is 13.5. The van der Waals surface area contributed by atoms with Gasteiger partial charge in [-0.25, -0.2) is 4.79 Å². The molecule has 1 aliphatic heterocycles. The molecule has 3 rings (SSSR count). The lowest BCUT2D eigenvalue weighted by Gasteiger charge is -2.40. The van der Waals surface area contributed by atoms with Gasteiger partial charge in [-0.1, -0.05) is 55.2 Å². The van der Waals surface area contributed by atoms with Crippen LogP contribution in [0, 0.1) is 5.92 Å². The van der Waals surface area contributed by atoms with E-state index in [1.165, 1.54) is 4.90 Å². The van der Waals surface area contributed by atoms with E-state index in [4.69, 9.17) is 23.2 Å². The van der Waals surface area contributed by atoms with Crippen LogP contribution in [0.4, 0.5) is 10.5 Å². The van der Waals surface area contributed by atoms with Gasteiger partial charge in [0.1, 0.15) is 6.04 Å². The van der Waals surface area contributed by atoms with Crippen LogP contribution in [0.3, 0.4) is 0 Å². The summed E-state index contributed by atoms with van der Waals surface area (Å²) in [5.41, 5.74) is 1.24. The summed E-state index contributed by atoms with van der Waals surface area (Å²) in [4.78, 5) is 44.1. The number of aliphatic hydroxyl groups excluding tert-OH is 1. The number of carbonyl (C=O) groups is 3. The topological polar surface area (TPSA) is 113 Å². The number of anilines is 1. The zero-order chi connectivity index (χ0) is 31.4. The van der Waals surface area contributed by atoms with Crippen molar-refractivity contribution in [2.24, 2.45) is 5.92 Å². The molecular formula is C31H42Cl2N4O5. The van der Waals surface area contributed by atoms with Gasteiger partial charge in [-0.05, 0) is 68.5 Å². The van der Waals surface area contributed by atoms with Gasteiger partial charge in [0.05, 0.1) is 28.6 Å². The lowest BCUT2D eigenvalue weighted by Crippen LogP contribution is -2.57. The Morgan fingerprint density at radius 1 is 1.10 bits per heavy atom. The number of aliphatic hydroxyl groups is 1. The predicted octanol–water partition coefficient (Wildman–Crippen LogP) is 5.54. The lowest BCUT2D eigenvalue weighted by atomic mass is 9.95. The summed E-state index contributed by atoms with van der Waals surface area (Å²) in [5, 5.41) is 23.8. The molecule has 0 aromatic heterocycles. The molecule has 1 saturated heterocycles. The number of hydrogen-bond donors (Lipinski definition) is 3. The van der Waals surface area contributed by atoms with Crippen molar-refractivity contribution in [2.45, 2.75) is 71.2 Å². The van der Waals surface area contributed by atoms with Gasteiger partial charge in [0.25, 0.3) is 0 Å². The van der Waals surface area contributed by atoms with E-state index >= 15 is 0 Å². The van der Waals surface area contributed by atoms with Gasteiger partial charge >= 0.3 is 6.09 Å². The second-order valence-corrected chi connectivity index (χ2v) is 13.1. The number of nitrogens with zero attached hydrogens (tertiary/aromatic N) is 3. The average Bonchev–Trinajstić information content (AvgIpc) is 3.30. The van der Waals surface area contributed by atoms with Crippen molar-refractivity contribution in [1.29, 1.82) is 0 Å². The van der Waals surface area contributed by atoms with Gasteiger partial charge in [-0.3, -0.25) is 19.4 Å². The predicted molar refractivity (Wildman–Crippen MR) is 166 cm³/mol. The SMILES string of the molecule is CC(C)C(C(=O)Nc1cccc([C@@H](CN2CCC(O)C2)N(C)C(=O)Cc2ccc(Cl)c(Cl)c2)c1)N(C(=O)O)C(C)(C)C. The van der Waals surface area contributed by atoms with Crippen LogP contribution in [0.25, 0.3) is 0 Å². The molecule has 2 unspecified atom stereocenters. The highest BCUT2D eigenvalue weighted by atomic mass is 35.5. The van der Waals surface area contributed by atoms with Crippen molar-refractivity contribution >= 4 is 46.8 Å². The maximum Gasteiger partial charge on any atom is 0.408 e. The normalized spacial score (nSPS) is 17.1. The Morgan fingerprint density at radius 2 is 1.79 bits per heavy atom. The largest absolute Gasteiger partial charge is 0.465 e. The summed E-state index contributed by atoms with van der Waals surface area (Å²) in [5.74, 6) is -0.833. The molecule has 3 N–H and O–H groups in total. The highest BCUT2D eigenvalue weighted by Gasteiger charge is 2.39. The number of halogens is 2. The van der Waals surface area contributed by atoms with Crippen LogP contribution in [-0.2, 0) is 16.0 Å². The number of β-amino-alcohol motifs (C(OH)–C–C–N with tert-alkyl or cyclic N) is 1. The molecule has 2 aromatic carbocycles. The van der Waals surface area contributed by atoms with E-state index in [2.05, 4.69) is 10.2 Å². The number of nitrogens with one attached hydrogen (secondary N) is 1. The minimum Gasteiger partial charge on any atom is -0.465 e. The van der Waals surface area contributed by atoms with Crippen molar-refractivity contribution in [3.63, 3.8) is 0 Å². The van der Waals surface area contributed by atoms with Gasteiger partial charge in [0.15, 0.2) is 0 Å². The molecule has 9 nitrogen and oxygen atoms in total. The molecule has 1 fully saturated rings. The van der Waals surface area contributed by atoms with Crippen LogP contribution in [0.1, 0.15) is 58.2 Å². The second kappa shape index (κ2) is 14.1. The minimum absolute atomic E-state index is 0.122. The fraction of sp³-hybridized carbons (Fsp3) is 0.516. The smallest absolute Gasteiger partial charge is 0.408 e. The molecule has 0 saturated carbocycles. The van der Waals surface area contributed by atoms with E-state index in [0.29, 0.717) is 41.8 Å². The van der Waals surface area contributed by atoms with Gasteiger partial charge in [0.2, 0.25) is 11.8 Å². The van der Waals surface area contributed by atoms with Gasteiger partial charge in [-0.15, -0.1) is 0 Å². The zero-order valence-electron chi connectivity index (χ0n) is 25.1. The molecule has 1 aliphatic rings. The number of amides is 3. The standard InChI is InChI=1S/C31H42Cl2N4O5/c1-19(2)28(37(30(41)42)31(3,4)5)29(40)34-22-9-7-8-21(16-22)26(18-36-13-12-23(38)17-36)35(6)27(39)15-20-10-11-24(32)25(33)14-20/h7-11,14,16,19,23,26,28,38H,12-13,15,17-18H2,1-6H3,(H,34,40)(H,41,42)/t23?,26-,28?/m1/s1. The van der Waals surface area contributed by atoms with E-state index in [-0.39, 0.29) is 24.3 Å². The van der Waals surface area contributed by atoms with Crippen LogP contribution in [-0.4, -0.2) is 87.2 Å². The molecule has 0 aliphatic carbocycles. The Balaban J connectivity index is 1.89. The first-order valence-corrected chi connectivity index (χ1v) is 14.9. The molecular weight excluding hydrogens is 579 g/mol. The Hall–Kier alpha value is -2.85. The Labute approximate surface area is 258 Å². The fourth-order valence-corrected chi connectivity index (χ4v) is 5.70. The molecule has 3 amide bonds. The van der Waals surface area contributed by atoms with Crippen LogP contribution >= 0.6 is 23.2 Å². The molecule has 230 valence electrons. The average molecular weight is 622 g/mol. The summed E-state index contributed by atoms with van der Waals surface area (Å²) < 4.78 is 0. The van der Waals surface area contributed by atoms with E-state index in [0.717, 1.165) is 11.1 Å². The number of carbonyl (C=O) groups excluding carboxylic acids is 2. The summed E-state index contributed by atoms with van der Waals surface area (Å²) in [7, 11) is 1.74. The molecule has 0 bridgehead atoms. The van der Waals surface area contributed by atoms with Crippen LogP contribution in [0.15, 0.2) is 42.5 Å². The molecule has 3 atom stereocenters. The van der Waals surface area contributed by atoms with Crippen LogP contribution in [0.5, 0.6) is 0 Å². The summed E-state index contributed by atoms with van der Waals surface area (Å²) >= 11 is 12.2. The third-order valence-electron chi connectivity index (χ3n) is 7.52. The number of likely N-dealkylation sites (N-methyl/N-ethyl adjacent to an activating group) is 1. The second-order valence-electron chi connectivity index (χ2n) is 12.3. The first kappa shape index (κ1) is 33.6. The number of rotatable bonds is 10. The van der Waals surface area contributed by atoms with E-state index in [9.17, 15) is 24.6 Å². The number of likely N-dealkylation sites (tertiary alicyclic amines) is 1. The third-order valence-corrected chi connectivity index (χ3v) is 8.26. The quantitative estimate of drug-likeness (QED) is 0.321. The zero-order valence-corrected chi connectivity index (χ0v) is 26.6. The van der Waals surface area contributed by atoms with Crippen molar-refractivity contribution < 1.29 is 24.6 Å². The summed E-state index contributed by atoms with van der Waals surface area (Å²) in [6.45, 7) is 10.6. The molecule has 1 heterocycles. The fourth-order valence-electron chi connectivity index (χ4n) is 5.38. The first-order valence-electron chi connectivity index (χ1n) is 14.1. The number of hydrogen-bond acceptors (Lipinski definition) is 5. The van der Waals surface area contributed by atoms with E-state index < -0.39 is 29.7 Å². The minimum atomic E-state index is -1.17. The Morgan fingerprint density at radius 3 is 2.33 bits per heavy atom. The van der Waals surface area contributed by atoms with Crippen molar-refractivity contribution in [1.82, 2.24) is 14.7 Å². The Bertz CT molecular complexity index is 1280. The number of benzene rings is 2. The summed E-state index contributed by atoms with van der Waals surface area (Å²) in [6.07, 6.45) is -0.799. The highest BCUT2D eigenvalue weighted by molar-refractivity contribution is 6.42. The van der Waals surface area contributed by atoms with Crippen molar-refractivity contribution in [3.05, 3.63) is 63.6 Å².